The third kappa shape index (κ3) is 4.96. The highest BCUT2D eigenvalue weighted by molar-refractivity contribution is 5.87. The van der Waals surface area contributed by atoms with Gasteiger partial charge in [-0.1, -0.05) is 0 Å². The standard InChI is InChI=1S/C6H10N2O2/c1-2-8-6(10)4-3-5(7)9/h2H,3-4H2,1H3,(H2,7,9). The number of nitrogens with zero attached hydrogens (tertiary/aromatic N) is 1. The average molecular weight is 142 g/mol. The molecule has 4 heteroatoms. The van der Waals surface area contributed by atoms with E-state index in [2.05, 4.69) is 4.99 Å². The summed E-state index contributed by atoms with van der Waals surface area (Å²) in [6, 6.07) is 0. The first-order chi connectivity index (χ1) is 4.66. The van der Waals surface area contributed by atoms with E-state index in [1.807, 2.05) is 0 Å². The fourth-order valence-electron chi connectivity index (χ4n) is 0.439. The van der Waals surface area contributed by atoms with Gasteiger partial charge in [0.1, 0.15) is 0 Å². The molecule has 0 unspecified atom stereocenters. The van der Waals surface area contributed by atoms with Crippen molar-refractivity contribution in [3.63, 3.8) is 0 Å². The maximum atomic E-state index is 10.5. The molecule has 0 saturated heterocycles. The summed E-state index contributed by atoms with van der Waals surface area (Å²) in [6.07, 6.45) is 1.58. The Kier molecular flexibility index (Phi) is 4.11. The molecule has 0 spiro atoms. The Morgan fingerprint density at radius 1 is 1.50 bits per heavy atom. The molecule has 0 bridgehead atoms. The topological polar surface area (TPSA) is 72.5 Å². The molecule has 0 aliphatic carbocycles. The number of rotatable bonds is 3. The van der Waals surface area contributed by atoms with Crippen molar-refractivity contribution in [2.75, 3.05) is 0 Å². The summed E-state index contributed by atoms with van der Waals surface area (Å²) >= 11 is 0. The van der Waals surface area contributed by atoms with E-state index in [0.29, 0.717) is 0 Å². The van der Waals surface area contributed by atoms with E-state index in [1.165, 1.54) is 6.21 Å². The molecule has 0 aliphatic rings. The molecule has 2 N–H and O–H groups in total. The molecule has 4 nitrogen and oxygen atoms in total. The van der Waals surface area contributed by atoms with Gasteiger partial charge in [-0.3, -0.25) is 9.59 Å². The van der Waals surface area contributed by atoms with Crippen LogP contribution in [0.5, 0.6) is 0 Å². The van der Waals surface area contributed by atoms with Crippen LogP contribution in [0.2, 0.25) is 0 Å². The maximum Gasteiger partial charge on any atom is 0.245 e. The first-order valence-electron chi connectivity index (χ1n) is 2.96. The van der Waals surface area contributed by atoms with E-state index in [4.69, 9.17) is 5.73 Å². The van der Waals surface area contributed by atoms with Gasteiger partial charge in [-0.05, 0) is 6.92 Å². The largest absolute Gasteiger partial charge is 0.370 e. The van der Waals surface area contributed by atoms with Crippen molar-refractivity contribution in [3.8, 4) is 0 Å². The first-order valence-corrected chi connectivity index (χ1v) is 2.96. The lowest BCUT2D eigenvalue weighted by molar-refractivity contribution is -0.123. The van der Waals surface area contributed by atoms with E-state index < -0.39 is 5.91 Å². The molecule has 10 heavy (non-hydrogen) atoms. The fourth-order valence-corrected chi connectivity index (χ4v) is 0.439. The van der Waals surface area contributed by atoms with Gasteiger partial charge in [0.05, 0.1) is 0 Å². The summed E-state index contributed by atoms with van der Waals surface area (Å²) in [6.45, 7) is 1.64. The van der Waals surface area contributed by atoms with Gasteiger partial charge >= 0.3 is 0 Å². The number of carbonyl (C=O) groups is 2. The summed E-state index contributed by atoms with van der Waals surface area (Å²) in [7, 11) is 0. The minimum absolute atomic E-state index is 0.0795. The van der Waals surface area contributed by atoms with Crippen molar-refractivity contribution in [1.82, 2.24) is 0 Å². The van der Waals surface area contributed by atoms with E-state index in [1.54, 1.807) is 6.92 Å². The molecule has 0 aromatic rings. The van der Waals surface area contributed by atoms with Crippen molar-refractivity contribution >= 4 is 18.0 Å². The van der Waals surface area contributed by atoms with Crippen LogP contribution in [0.15, 0.2) is 4.99 Å². The molecule has 0 saturated carbocycles. The molecule has 0 heterocycles. The minimum Gasteiger partial charge on any atom is -0.370 e. The molecule has 0 aromatic heterocycles. The third-order valence-corrected chi connectivity index (χ3v) is 0.858. The minimum atomic E-state index is -0.473. The van der Waals surface area contributed by atoms with Gasteiger partial charge in [0, 0.05) is 19.1 Å². The molecule has 56 valence electrons. The van der Waals surface area contributed by atoms with Crippen molar-refractivity contribution in [2.45, 2.75) is 19.8 Å². The fraction of sp³-hybridized carbons (Fsp3) is 0.500. The second kappa shape index (κ2) is 4.67. The van der Waals surface area contributed by atoms with Crippen molar-refractivity contribution in [2.24, 2.45) is 10.7 Å². The Bertz CT molecular complexity index is 163. The first kappa shape index (κ1) is 8.81. The van der Waals surface area contributed by atoms with E-state index in [-0.39, 0.29) is 18.7 Å². The highest BCUT2D eigenvalue weighted by atomic mass is 16.2. The van der Waals surface area contributed by atoms with Gasteiger partial charge in [0.2, 0.25) is 11.8 Å². The number of aliphatic imine (C=N–C) groups is 1. The molecule has 2 amide bonds. The quantitative estimate of drug-likeness (QED) is 0.557. The van der Waals surface area contributed by atoms with Gasteiger partial charge in [-0.2, -0.15) is 0 Å². The van der Waals surface area contributed by atoms with Gasteiger partial charge < -0.3 is 5.73 Å². The Morgan fingerprint density at radius 3 is 2.50 bits per heavy atom. The summed E-state index contributed by atoms with van der Waals surface area (Å²) in [4.78, 5) is 24.1. The van der Waals surface area contributed by atoms with Crippen LogP contribution in [-0.4, -0.2) is 18.0 Å². The zero-order chi connectivity index (χ0) is 7.98. The van der Waals surface area contributed by atoms with Crippen LogP contribution in [0.25, 0.3) is 0 Å². The van der Waals surface area contributed by atoms with Gasteiger partial charge in [-0.25, -0.2) is 4.99 Å². The molecule has 0 fully saturated rings. The smallest absolute Gasteiger partial charge is 0.245 e. The molecule has 0 radical (unpaired) electrons. The van der Waals surface area contributed by atoms with Crippen LogP contribution in [0, 0.1) is 0 Å². The highest BCUT2D eigenvalue weighted by Gasteiger charge is 1.99. The van der Waals surface area contributed by atoms with Crippen LogP contribution < -0.4 is 5.73 Å². The van der Waals surface area contributed by atoms with Crippen molar-refractivity contribution in [1.29, 1.82) is 0 Å². The molecule has 0 aliphatic heterocycles. The monoisotopic (exact) mass is 142 g/mol. The zero-order valence-electron chi connectivity index (χ0n) is 5.83. The number of hydrogen-bond donors (Lipinski definition) is 1. The molecule has 0 atom stereocenters. The lowest BCUT2D eigenvalue weighted by atomic mass is 10.3. The summed E-state index contributed by atoms with van der Waals surface area (Å²) in [5.74, 6) is -0.777. The number of amides is 2. The molecular weight excluding hydrogens is 132 g/mol. The SMILES string of the molecule is CC=NC(=O)CCC(N)=O. The molecule has 0 rings (SSSR count). The van der Waals surface area contributed by atoms with Crippen LogP contribution in [0.4, 0.5) is 0 Å². The Labute approximate surface area is 59.1 Å². The number of primary amides is 1. The van der Waals surface area contributed by atoms with Gasteiger partial charge in [-0.15, -0.1) is 0 Å². The number of nitrogens with two attached hydrogens (primary N) is 1. The van der Waals surface area contributed by atoms with Crippen LogP contribution in [-0.2, 0) is 9.59 Å². The maximum absolute atomic E-state index is 10.5. The van der Waals surface area contributed by atoms with Gasteiger partial charge in [0.15, 0.2) is 0 Å². The van der Waals surface area contributed by atoms with E-state index in [0.717, 1.165) is 0 Å². The third-order valence-electron chi connectivity index (χ3n) is 0.858. The van der Waals surface area contributed by atoms with E-state index >= 15 is 0 Å². The highest BCUT2D eigenvalue weighted by Crippen LogP contribution is 1.89. The predicted molar refractivity (Wildman–Crippen MR) is 37.6 cm³/mol. The van der Waals surface area contributed by atoms with Crippen LogP contribution in [0.1, 0.15) is 19.8 Å². The number of carbonyl (C=O) groups excluding carboxylic acids is 2. The lowest BCUT2D eigenvalue weighted by Gasteiger charge is -1.88. The van der Waals surface area contributed by atoms with Crippen LogP contribution >= 0.6 is 0 Å². The second-order valence-corrected chi connectivity index (χ2v) is 1.75. The predicted octanol–water partition coefficient (Wildman–Crippen LogP) is -0.131. The average Bonchev–Trinajstić information content (AvgIpc) is 1.85. The Hall–Kier alpha value is -1.19. The van der Waals surface area contributed by atoms with E-state index in [9.17, 15) is 9.59 Å². The zero-order valence-corrected chi connectivity index (χ0v) is 5.83. The normalized spacial score (nSPS) is 10.1. The Morgan fingerprint density at radius 2 is 2.10 bits per heavy atom. The summed E-state index contributed by atoms with van der Waals surface area (Å²) in [5.41, 5.74) is 4.79. The van der Waals surface area contributed by atoms with Crippen molar-refractivity contribution < 1.29 is 9.59 Å². The second-order valence-electron chi connectivity index (χ2n) is 1.75. The number of hydrogen-bond acceptors (Lipinski definition) is 2. The van der Waals surface area contributed by atoms with Crippen LogP contribution in [0.3, 0.4) is 0 Å². The van der Waals surface area contributed by atoms with Crippen molar-refractivity contribution in [3.05, 3.63) is 0 Å². The Balaban J connectivity index is 3.50. The summed E-state index contributed by atoms with van der Waals surface area (Å²) in [5, 5.41) is 0. The lowest BCUT2D eigenvalue weighted by Crippen LogP contribution is -2.11. The molecule has 0 aromatic carbocycles. The molecular formula is C6H10N2O2. The van der Waals surface area contributed by atoms with Gasteiger partial charge in [0.25, 0.3) is 0 Å². The summed E-state index contributed by atoms with van der Waals surface area (Å²) < 4.78 is 0.